The van der Waals surface area contributed by atoms with Crippen LogP contribution in [0.1, 0.15) is 12.7 Å². The van der Waals surface area contributed by atoms with Crippen molar-refractivity contribution in [3.8, 4) is 0 Å². The van der Waals surface area contributed by atoms with E-state index in [9.17, 15) is 0 Å². The maximum Gasteiger partial charge on any atom is 0.128 e. The van der Waals surface area contributed by atoms with Gasteiger partial charge in [-0.15, -0.1) is 0 Å². The van der Waals surface area contributed by atoms with Crippen LogP contribution in [0.3, 0.4) is 0 Å². The van der Waals surface area contributed by atoms with Gasteiger partial charge < -0.3 is 9.88 Å². The van der Waals surface area contributed by atoms with Crippen LogP contribution in [0.25, 0.3) is 0 Å². The summed E-state index contributed by atoms with van der Waals surface area (Å²) in [6, 6.07) is 5.39. The molecule has 2 rings (SSSR count). The minimum absolute atomic E-state index is 0.624. The number of halogens is 2. The van der Waals surface area contributed by atoms with Crippen molar-refractivity contribution in [2.45, 2.75) is 20.0 Å². The molecule has 90 valence electrons. The summed E-state index contributed by atoms with van der Waals surface area (Å²) in [6.45, 7) is 3.65. The third-order valence-electron chi connectivity index (χ3n) is 2.46. The van der Waals surface area contributed by atoms with Crippen LogP contribution in [0.4, 0.5) is 5.69 Å². The quantitative estimate of drug-likeness (QED) is 0.915. The zero-order valence-electron chi connectivity index (χ0n) is 9.45. The second-order valence-corrected chi connectivity index (χ2v) is 4.51. The largest absolute Gasteiger partial charge is 0.378 e. The van der Waals surface area contributed by atoms with Crippen molar-refractivity contribution in [2.75, 3.05) is 5.32 Å². The lowest BCUT2D eigenvalue weighted by Gasteiger charge is -2.08. The molecule has 2 aromatic rings. The molecule has 0 aliphatic heterocycles. The van der Waals surface area contributed by atoms with E-state index in [1.54, 1.807) is 12.3 Å². The number of nitrogens with zero attached hydrogens (tertiary/aromatic N) is 2. The highest BCUT2D eigenvalue weighted by molar-refractivity contribution is 6.35. The van der Waals surface area contributed by atoms with Gasteiger partial charge in [-0.2, -0.15) is 0 Å². The molecule has 0 radical (unpaired) electrons. The van der Waals surface area contributed by atoms with E-state index in [4.69, 9.17) is 23.2 Å². The second kappa shape index (κ2) is 5.43. The lowest BCUT2D eigenvalue weighted by atomic mass is 10.3. The molecule has 1 aromatic carbocycles. The number of anilines is 1. The SMILES string of the molecule is CCn1ccnc1CNc1cc(Cl)cc(Cl)c1. The number of hydrogen-bond acceptors (Lipinski definition) is 2. The predicted octanol–water partition coefficient (Wildman–Crippen LogP) is 3.82. The molecule has 0 saturated heterocycles. The fraction of sp³-hybridized carbons (Fsp3) is 0.250. The Labute approximate surface area is 110 Å². The van der Waals surface area contributed by atoms with Crippen LogP contribution in [-0.2, 0) is 13.1 Å². The molecular weight excluding hydrogens is 257 g/mol. The molecule has 17 heavy (non-hydrogen) atoms. The summed E-state index contributed by atoms with van der Waals surface area (Å²) in [7, 11) is 0. The van der Waals surface area contributed by atoms with Gasteiger partial charge in [0.1, 0.15) is 5.82 Å². The molecule has 0 aliphatic rings. The third kappa shape index (κ3) is 3.14. The van der Waals surface area contributed by atoms with Gasteiger partial charge in [0.05, 0.1) is 6.54 Å². The molecule has 1 N–H and O–H groups in total. The molecule has 0 atom stereocenters. The first kappa shape index (κ1) is 12.3. The Bertz CT molecular complexity index is 488. The van der Waals surface area contributed by atoms with Crippen LogP contribution in [0, 0.1) is 0 Å². The molecular formula is C12H13Cl2N3. The van der Waals surface area contributed by atoms with E-state index in [0.717, 1.165) is 18.1 Å². The lowest BCUT2D eigenvalue weighted by Crippen LogP contribution is -2.07. The van der Waals surface area contributed by atoms with Gasteiger partial charge in [0.15, 0.2) is 0 Å². The smallest absolute Gasteiger partial charge is 0.128 e. The number of nitrogens with one attached hydrogen (secondary N) is 1. The van der Waals surface area contributed by atoms with E-state index in [-0.39, 0.29) is 0 Å². The Balaban J connectivity index is 2.07. The Morgan fingerprint density at radius 3 is 2.59 bits per heavy atom. The summed E-state index contributed by atoms with van der Waals surface area (Å²) in [5.74, 6) is 0.989. The number of rotatable bonds is 4. The maximum absolute atomic E-state index is 5.92. The lowest BCUT2D eigenvalue weighted by molar-refractivity contribution is 0.708. The first-order valence-electron chi connectivity index (χ1n) is 5.39. The van der Waals surface area contributed by atoms with Crippen LogP contribution in [-0.4, -0.2) is 9.55 Å². The third-order valence-corrected chi connectivity index (χ3v) is 2.89. The number of aromatic nitrogens is 2. The van der Waals surface area contributed by atoms with Crippen molar-refractivity contribution in [3.63, 3.8) is 0 Å². The van der Waals surface area contributed by atoms with Crippen molar-refractivity contribution in [2.24, 2.45) is 0 Å². The van der Waals surface area contributed by atoms with E-state index >= 15 is 0 Å². The number of hydrogen-bond donors (Lipinski definition) is 1. The Morgan fingerprint density at radius 1 is 1.24 bits per heavy atom. The molecule has 0 saturated carbocycles. The fourth-order valence-corrected chi connectivity index (χ4v) is 2.16. The Kier molecular flexibility index (Phi) is 3.92. The minimum Gasteiger partial charge on any atom is -0.378 e. The Hall–Kier alpha value is -1.19. The molecule has 5 heteroatoms. The summed E-state index contributed by atoms with van der Waals surface area (Å²) >= 11 is 11.8. The highest BCUT2D eigenvalue weighted by atomic mass is 35.5. The number of aryl methyl sites for hydroxylation is 1. The minimum atomic E-state index is 0.624. The van der Waals surface area contributed by atoms with E-state index in [1.807, 2.05) is 18.3 Å². The summed E-state index contributed by atoms with van der Waals surface area (Å²) in [5, 5.41) is 4.50. The topological polar surface area (TPSA) is 29.9 Å². The molecule has 3 nitrogen and oxygen atoms in total. The van der Waals surface area contributed by atoms with Crippen molar-refractivity contribution >= 4 is 28.9 Å². The molecule has 0 bridgehead atoms. The van der Waals surface area contributed by atoms with Crippen molar-refractivity contribution in [1.82, 2.24) is 9.55 Å². The monoisotopic (exact) mass is 269 g/mol. The summed E-state index contributed by atoms with van der Waals surface area (Å²) in [5.41, 5.74) is 0.896. The van der Waals surface area contributed by atoms with E-state index < -0.39 is 0 Å². The molecule has 0 aliphatic carbocycles. The van der Waals surface area contributed by atoms with E-state index in [1.165, 1.54) is 0 Å². The standard InChI is InChI=1S/C12H13Cl2N3/c1-2-17-4-3-15-12(17)8-16-11-6-9(13)5-10(14)7-11/h3-7,16H,2,8H2,1H3. The van der Waals surface area contributed by atoms with Gasteiger partial charge in [0.2, 0.25) is 0 Å². The first-order valence-corrected chi connectivity index (χ1v) is 6.14. The van der Waals surface area contributed by atoms with Gasteiger partial charge in [-0.3, -0.25) is 0 Å². The number of benzene rings is 1. The predicted molar refractivity (Wildman–Crippen MR) is 71.7 cm³/mol. The average Bonchev–Trinajstić information content (AvgIpc) is 2.72. The van der Waals surface area contributed by atoms with Crippen LogP contribution in [0.2, 0.25) is 10.0 Å². The van der Waals surface area contributed by atoms with Crippen LogP contribution in [0.5, 0.6) is 0 Å². The normalized spacial score (nSPS) is 10.5. The summed E-state index contributed by atoms with van der Waals surface area (Å²) in [4.78, 5) is 4.28. The van der Waals surface area contributed by atoms with Crippen LogP contribution < -0.4 is 5.32 Å². The van der Waals surface area contributed by atoms with Gasteiger partial charge in [-0.25, -0.2) is 4.98 Å². The van der Waals surface area contributed by atoms with Crippen molar-refractivity contribution < 1.29 is 0 Å². The summed E-state index contributed by atoms with van der Waals surface area (Å²) in [6.07, 6.45) is 3.76. The number of imidazole rings is 1. The van der Waals surface area contributed by atoms with E-state index in [2.05, 4.69) is 21.8 Å². The average molecular weight is 270 g/mol. The zero-order chi connectivity index (χ0) is 12.3. The van der Waals surface area contributed by atoms with Gasteiger partial charge in [-0.1, -0.05) is 23.2 Å². The summed E-state index contributed by atoms with van der Waals surface area (Å²) < 4.78 is 2.08. The molecule has 0 spiro atoms. The second-order valence-electron chi connectivity index (χ2n) is 3.64. The van der Waals surface area contributed by atoms with Gasteiger partial charge in [0.25, 0.3) is 0 Å². The molecule has 1 heterocycles. The fourth-order valence-electron chi connectivity index (χ4n) is 1.63. The molecule has 1 aromatic heterocycles. The molecule has 0 unspecified atom stereocenters. The van der Waals surface area contributed by atoms with Gasteiger partial charge in [-0.05, 0) is 25.1 Å². The maximum atomic E-state index is 5.92. The highest BCUT2D eigenvalue weighted by Crippen LogP contribution is 2.22. The van der Waals surface area contributed by atoms with Gasteiger partial charge >= 0.3 is 0 Å². The van der Waals surface area contributed by atoms with Crippen LogP contribution >= 0.6 is 23.2 Å². The van der Waals surface area contributed by atoms with Gasteiger partial charge in [0, 0.05) is 34.7 Å². The Morgan fingerprint density at radius 2 is 1.94 bits per heavy atom. The van der Waals surface area contributed by atoms with Crippen molar-refractivity contribution in [3.05, 3.63) is 46.5 Å². The first-order chi connectivity index (χ1) is 8.19. The highest BCUT2D eigenvalue weighted by Gasteiger charge is 2.02. The van der Waals surface area contributed by atoms with Crippen LogP contribution in [0.15, 0.2) is 30.6 Å². The zero-order valence-corrected chi connectivity index (χ0v) is 11.0. The van der Waals surface area contributed by atoms with E-state index in [0.29, 0.717) is 16.6 Å². The molecule has 0 fully saturated rings. The van der Waals surface area contributed by atoms with Crippen molar-refractivity contribution in [1.29, 1.82) is 0 Å². The molecule has 0 amide bonds.